The third kappa shape index (κ3) is 5.60. The van der Waals surface area contributed by atoms with E-state index in [0.29, 0.717) is 17.4 Å². The molecule has 0 aliphatic heterocycles. The molecule has 0 amide bonds. The fraction of sp³-hybridized carbons (Fsp3) is 0.625. The number of aryl methyl sites for hydroxylation is 1. The first-order valence-corrected chi connectivity index (χ1v) is 7.03. The fourth-order valence-corrected chi connectivity index (χ4v) is 1.79. The Hall–Kier alpha value is -1.09. The second kappa shape index (κ2) is 7.49. The fourth-order valence-electron chi connectivity index (χ4n) is 1.79. The van der Waals surface area contributed by atoms with Crippen molar-refractivity contribution >= 4 is 0 Å². The number of benzene rings is 1. The van der Waals surface area contributed by atoms with Crippen LogP contribution in [0.1, 0.15) is 33.3 Å². The molecule has 1 aromatic carbocycles. The van der Waals surface area contributed by atoms with Gasteiger partial charge >= 0.3 is 0 Å². The van der Waals surface area contributed by atoms with Gasteiger partial charge in [0.15, 0.2) is 0 Å². The van der Waals surface area contributed by atoms with Crippen molar-refractivity contribution in [2.24, 2.45) is 11.8 Å². The molecule has 19 heavy (non-hydrogen) atoms. The van der Waals surface area contributed by atoms with Crippen LogP contribution in [0.5, 0.6) is 5.75 Å². The molecule has 0 aliphatic rings. The van der Waals surface area contributed by atoms with E-state index >= 15 is 0 Å². The minimum absolute atomic E-state index is 0.101. The molecule has 0 saturated heterocycles. The van der Waals surface area contributed by atoms with Gasteiger partial charge in [0.05, 0.1) is 0 Å². The van der Waals surface area contributed by atoms with Crippen LogP contribution < -0.4 is 10.1 Å². The summed E-state index contributed by atoms with van der Waals surface area (Å²) in [5, 5.41) is 3.41. The van der Waals surface area contributed by atoms with Gasteiger partial charge in [-0.25, -0.2) is 4.39 Å². The van der Waals surface area contributed by atoms with Gasteiger partial charge < -0.3 is 10.1 Å². The van der Waals surface area contributed by atoms with E-state index in [1.165, 1.54) is 6.07 Å². The van der Waals surface area contributed by atoms with Gasteiger partial charge in [-0.3, -0.25) is 0 Å². The molecule has 0 saturated carbocycles. The molecule has 1 unspecified atom stereocenters. The Bertz CT molecular complexity index is 390. The number of halogens is 1. The number of hydrogen-bond donors (Lipinski definition) is 1. The summed E-state index contributed by atoms with van der Waals surface area (Å²) in [5.74, 6) is 1.58. The van der Waals surface area contributed by atoms with E-state index in [-0.39, 0.29) is 11.9 Å². The summed E-state index contributed by atoms with van der Waals surface area (Å²) in [4.78, 5) is 0. The molecule has 0 aliphatic carbocycles. The lowest BCUT2D eigenvalue weighted by molar-refractivity contribution is 0.147. The van der Waals surface area contributed by atoms with Crippen molar-refractivity contribution < 1.29 is 9.13 Å². The highest BCUT2D eigenvalue weighted by Gasteiger charge is 2.15. The van der Waals surface area contributed by atoms with Crippen LogP contribution in [0.2, 0.25) is 0 Å². The zero-order valence-corrected chi connectivity index (χ0v) is 12.7. The molecule has 0 bridgehead atoms. The molecule has 1 N–H and O–H groups in total. The summed E-state index contributed by atoms with van der Waals surface area (Å²) < 4.78 is 19.2. The molecule has 1 rings (SSSR count). The predicted octanol–water partition coefficient (Wildman–Crippen LogP) is 3.78. The molecule has 0 fully saturated rings. The van der Waals surface area contributed by atoms with Crippen molar-refractivity contribution in [3.8, 4) is 5.75 Å². The Labute approximate surface area is 116 Å². The van der Waals surface area contributed by atoms with Crippen molar-refractivity contribution in [1.82, 2.24) is 5.32 Å². The largest absolute Gasteiger partial charge is 0.489 e. The van der Waals surface area contributed by atoms with E-state index in [0.717, 1.165) is 18.8 Å². The third-order valence-corrected chi connectivity index (χ3v) is 3.06. The maximum atomic E-state index is 13.2. The monoisotopic (exact) mass is 267 g/mol. The van der Waals surface area contributed by atoms with Crippen molar-refractivity contribution in [2.45, 2.75) is 40.7 Å². The summed E-state index contributed by atoms with van der Waals surface area (Å²) in [7, 11) is 0. The molecule has 2 nitrogen and oxygen atoms in total. The van der Waals surface area contributed by atoms with Gasteiger partial charge in [0.1, 0.15) is 17.7 Å². The standard InChI is InChI=1S/C16H26FNO/c1-11(2)9-18-10-16(12(3)4)19-14-6-7-15(17)13(5)8-14/h6-8,11-12,16,18H,9-10H2,1-5H3. The average molecular weight is 267 g/mol. The maximum absolute atomic E-state index is 13.2. The number of hydrogen-bond acceptors (Lipinski definition) is 2. The molecule has 1 atom stereocenters. The van der Waals surface area contributed by atoms with Crippen molar-refractivity contribution in [1.29, 1.82) is 0 Å². The highest BCUT2D eigenvalue weighted by Crippen LogP contribution is 2.19. The smallest absolute Gasteiger partial charge is 0.126 e. The Balaban J connectivity index is 2.59. The van der Waals surface area contributed by atoms with Gasteiger partial charge in [0.25, 0.3) is 0 Å². The zero-order valence-electron chi connectivity index (χ0n) is 12.7. The van der Waals surface area contributed by atoms with Crippen LogP contribution in [0.25, 0.3) is 0 Å². The molecular weight excluding hydrogens is 241 g/mol. The minimum Gasteiger partial charge on any atom is -0.489 e. The molecular formula is C16H26FNO. The molecule has 0 spiro atoms. The van der Waals surface area contributed by atoms with Crippen molar-refractivity contribution in [3.05, 3.63) is 29.6 Å². The van der Waals surface area contributed by atoms with Crippen LogP contribution in [0.15, 0.2) is 18.2 Å². The predicted molar refractivity (Wildman–Crippen MR) is 78.1 cm³/mol. The number of rotatable bonds is 7. The quantitative estimate of drug-likeness (QED) is 0.811. The average Bonchev–Trinajstić information content (AvgIpc) is 2.32. The summed E-state index contributed by atoms with van der Waals surface area (Å²) in [6.45, 7) is 12.2. The first kappa shape index (κ1) is 16.0. The van der Waals surface area contributed by atoms with Crippen LogP contribution in [-0.2, 0) is 0 Å². The maximum Gasteiger partial charge on any atom is 0.126 e. The first-order chi connectivity index (χ1) is 8.90. The molecule has 3 heteroatoms. The van der Waals surface area contributed by atoms with Gasteiger partial charge in [-0.1, -0.05) is 27.7 Å². The van der Waals surface area contributed by atoms with Crippen LogP contribution in [0, 0.1) is 24.6 Å². The zero-order chi connectivity index (χ0) is 14.4. The number of ether oxygens (including phenoxy) is 1. The van der Waals surface area contributed by atoms with E-state index in [2.05, 4.69) is 33.0 Å². The lowest BCUT2D eigenvalue weighted by atomic mass is 10.1. The highest BCUT2D eigenvalue weighted by molar-refractivity contribution is 5.29. The van der Waals surface area contributed by atoms with Crippen LogP contribution in [0.4, 0.5) is 4.39 Å². The lowest BCUT2D eigenvalue weighted by Crippen LogP contribution is -2.36. The molecule has 0 aromatic heterocycles. The Morgan fingerprint density at radius 3 is 2.37 bits per heavy atom. The molecule has 0 heterocycles. The summed E-state index contributed by atoms with van der Waals surface area (Å²) >= 11 is 0. The third-order valence-electron chi connectivity index (χ3n) is 3.06. The van der Waals surface area contributed by atoms with E-state index in [1.54, 1.807) is 19.1 Å². The summed E-state index contributed by atoms with van der Waals surface area (Å²) in [5.41, 5.74) is 0.621. The van der Waals surface area contributed by atoms with E-state index < -0.39 is 0 Å². The Morgan fingerprint density at radius 1 is 1.16 bits per heavy atom. The second-order valence-electron chi connectivity index (χ2n) is 5.86. The van der Waals surface area contributed by atoms with Crippen LogP contribution in [-0.4, -0.2) is 19.2 Å². The first-order valence-electron chi connectivity index (χ1n) is 7.03. The number of nitrogens with one attached hydrogen (secondary N) is 1. The van der Waals surface area contributed by atoms with Gasteiger partial charge in [-0.05, 0) is 49.1 Å². The van der Waals surface area contributed by atoms with E-state index in [4.69, 9.17) is 4.74 Å². The van der Waals surface area contributed by atoms with E-state index in [9.17, 15) is 4.39 Å². The Morgan fingerprint density at radius 2 is 1.84 bits per heavy atom. The lowest BCUT2D eigenvalue weighted by Gasteiger charge is -2.24. The summed E-state index contributed by atoms with van der Waals surface area (Å²) in [6.07, 6.45) is 0.101. The Kier molecular flexibility index (Phi) is 6.29. The van der Waals surface area contributed by atoms with Gasteiger partial charge in [-0.2, -0.15) is 0 Å². The molecule has 1 aromatic rings. The van der Waals surface area contributed by atoms with Crippen LogP contribution in [0.3, 0.4) is 0 Å². The SMILES string of the molecule is Cc1cc(OC(CNCC(C)C)C(C)C)ccc1F. The van der Waals surface area contributed by atoms with Crippen molar-refractivity contribution in [2.75, 3.05) is 13.1 Å². The molecule has 108 valence electrons. The van der Waals surface area contributed by atoms with Gasteiger partial charge in [0.2, 0.25) is 0 Å². The topological polar surface area (TPSA) is 21.3 Å². The van der Waals surface area contributed by atoms with Crippen LogP contribution >= 0.6 is 0 Å². The second-order valence-corrected chi connectivity index (χ2v) is 5.86. The summed E-state index contributed by atoms with van der Waals surface area (Å²) in [6, 6.07) is 4.91. The molecule has 0 radical (unpaired) electrons. The van der Waals surface area contributed by atoms with E-state index in [1.807, 2.05) is 0 Å². The highest BCUT2D eigenvalue weighted by atomic mass is 19.1. The van der Waals surface area contributed by atoms with Gasteiger partial charge in [0, 0.05) is 6.54 Å². The van der Waals surface area contributed by atoms with Crippen molar-refractivity contribution in [3.63, 3.8) is 0 Å². The van der Waals surface area contributed by atoms with Gasteiger partial charge in [-0.15, -0.1) is 0 Å². The normalized spacial score (nSPS) is 13.1. The minimum atomic E-state index is -0.189.